The molecule has 0 aliphatic carbocycles. The zero-order valence-corrected chi connectivity index (χ0v) is 15.8. The fourth-order valence-corrected chi connectivity index (χ4v) is 5.16. The number of hydrogen-bond donors (Lipinski definition) is 1. The lowest BCUT2D eigenvalue weighted by Gasteiger charge is -2.56. The topological polar surface area (TPSA) is 62.9 Å². The molecule has 5 rings (SSSR count). The molecule has 148 valence electrons. The van der Waals surface area contributed by atoms with E-state index in [1.807, 2.05) is 25.0 Å². The van der Waals surface area contributed by atoms with Gasteiger partial charge in [-0.3, -0.25) is 10.3 Å². The molecule has 4 heterocycles. The van der Waals surface area contributed by atoms with Crippen LogP contribution in [-0.4, -0.2) is 49.2 Å². The van der Waals surface area contributed by atoms with Gasteiger partial charge >= 0.3 is 0 Å². The molecule has 8 heteroatoms. The number of aliphatic imine (C=N–C) groups is 1. The summed E-state index contributed by atoms with van der Waals surface area (Å²) in [6.07, 6.45) is 4.85. The largest absolute Gasteiger partial charge is 0.451 e. The molecular formula is C20H22F2N4O2. The number of hydrogen-bond acceptors (Lipinski definition) is 6. The lowest BCUT2D eigenvalue weighted by atomic mass is 9.68. The van der Waals surface area contributed by atoms with E-state index >= 15 is 4.39 Å². The molecule has 1 aromatic heterocycles. The van der Waals surface area contributed by atoms with E-state index in [1.54, 1.807) is 6.07 Å². The van der Waals surface area contributed by atoms with Gasteiger partial charge in [0, 0.05) is 30.3 Å². The molecule has 1 fully saturated rings. The first-order valence-electron chi connectivity index (χ1n) is 9.53. The predicted octanol–water partition coefficient (Wildman–Crippen LogP) is 2.78. The van der Waals surface area contributed by atoms with Gasteiger partial charge in [-0.05, 0) is 31.9 Å². The number of halogens is 2. The number of aromatic nitrogens is 1. The first-order valence-corrected chi connectivity index (χ1v) is 9.53. The fourth-order valence-electron chi connectivity index (χ4n) is 5.16. The molecule has 3 aliphatic heterocycles. The standard InChI is InChI=1S/C20H22F2N4O2/c1-11-5-26-18-13(3-14(16(21)17(18)22)15-6-27-10-25-15)4-20(7-23-9-24-8-20)19(26)12(2)28-11/h3,6-7,10-12,19,24H,4-5,8-9H2,1-2H3/t11-,12+,19-,20?/m1/s1. The second-order valence-electron chi connectivity index (χ2n) is 7.99. The van der Waals surface area contributed by atoms with Crippen molar-refractivity contribution in [2.24, 2.45) is 10.4 Å². The Morgan fingerprint density at radius 2 is 2.14 bits per heavy atom. The van der Waals surface area contributed by atoms with E-state index < -0.39 is 11.6 Å². The van der Waals surface area contributed by atoms with Crippen molar-refractivity contribution in [2.45, 2.75) is 38.5 Å². The van der Waals surface area contributed by atoms with Gasteiger partial charge in [-0.2, -0.15) is 0 Å². The summed E-state index contributed by atoms with van der Waals surface area (Å²) in [7, 11) is 0. The van der Waals surface area contributed by atoms with Crippen molar-refractivity contribution in [3.05, 3.63) is 35.9 Å². The summed E-state index contributed by atoms with van der Waals surface area (Å²) in [4.78, 5) is 10.5. The quantitative estimate of drug-likeness (QED) is 0.814. The first-order chi connectivity index (χ1) is 13.5. The summed E-state index contributed by atoms with van der Waals surface area (Å²) in [6.45, 7) is 5.73. The van der Waals surface area contributed by atoms with Crippen molar-refractivity contribution < 1.29 is 17.9 Å². The molecular weight excluding hydrogens is 366 g/mol. The van der Waals surface area contributed by atoms with Crippen LogP contribution in [0.5, 0.6) is 0 Å². The second kappa shape index (κ2) is 6.35. The average molecular weight is 388 g/mol. The Kier molecular flexibility index (Phi) is 4.03. The van der Waals surface area contributed by atoms with Crippen LogP contribution in [0.15, 0.2) is 28.1 Å². The van der Waals surface area contributed by atoms with Crippen LogP contribution in [0.25, 0.3) is 11.3 Å². The van der Waals surface area contributed by atoms with Crippen LogP contribution in [0.3, 0.4) is 0 Å². The Balaban J connectivity index is 1.72. The molecule has 28 heavy (non-hydrogen) atoms. The zero-order valence-electron chi connectivity index (χ0n) is 15.8. The van der Waals surface area contributed by atoms with Gasteiger partial charge in [0.1, 0.15) is 12.0 Å². The number of nitrogens with zero attached hydrogens (tertiary/aromatic N) is 3. The maximum absolute atomic E-state index is 15.4. The van der Waals surface area contributed by atoms with Crippen molar-refractivity contribution in [1.29, 1.82) is 0 Å². The molecule has 1 spiro atoms. The van der Waals surface area contributed by atoms with Crippen molar-refractivity contribution in [3.8, 4) is 11.3 Å². The number of rotatable bonds is 1. The second-order valence-corrected chi connectivity index (χ2v) is 7.99. The van der Waals surface area contributed by atoms with Gasteiger partial charge in [-0.1, -0.05) is 0 Å². The number of nitrogens with one attached hydrogen (secondary N) is 1. The van der Waals surface area contributed by atoms with E-state index in [9.17, 15) is 4.39 Å². The number of ether oxygens (including phenoxy) is 1. The van der Waals surface area contributed by atoms with Crippen molar-refractivity contribution in [3.63, 3.8) is 0 Å². The summed E-state index contributed by atoms with van der Waals surface area (Å²) in [5.41, 5.74) is 1.14. The molecule has 0 radical (unpaired) electrons. The van der Waals surface area contributed by atoms with Crippen LogP contribution >= 0.6 is 0 Å². The fraction of sp³-hybridized carbons (Fsp3) is 0.500. The van der Waals surface area contributed by atoms with Crippen LogP contribution in [0, 0.1) is 17.0 Å². The van der Waals surface area contributed by atoms with Gasteiger partial charge in [-0.15, -0.1) is 0 Å². The molecule has 4 atom stereocenters. The van der Waals surface area contributed by atoms with Gasteiger partial charge in [0.05, 0.1) is 30.6 Å². The molecule has 2 aromatic rings. The Morgan fingerprint density at radius 1 is 1.29 bits per heavy atom. The maximum atomic E-state index is 15.4. The molecule has 0 saturated carbocycles. The van der Waals surface area contributed by atoms with E-state index in [0.29, 0.717) is 31.9 Å². The lowest BCUT2D eigenvalue weighted by molar-refractivity contribution is -0.0523. The molecule has 6 nitrogen and oxygen atoms in total. The number of oxazole rings is 1. The highest BCUT2D eigenvalue weighted by Gasteiger charge is 2.52. The first kappa shape index (κ1) is 17.8. The zero-order chi connectivity index (χ0) is 19.5. The van der Waals surface area contributed by atoms with Gasteiger partial charge in [-0.25, -0.2) is 13.8 Å². The number of morpholine rings is 1. The highest BCUT2D eigenvalue weighted by molar-refractivity contribution is 5.77. The normalized spacial score (nSPS) is 31.7. The number of fused-ring (bicyclic) bond motifs is 4. The third-order valence-electron chi connectivity index (χ3n) is 6.05. The van der Waals surface area contributed by atoms with Crippen molar-refractivity contribution >= 4 is 11.9 Å². The van der Waals surface area contributed by atoms with Crippen molar-refractivity contribution in [2.75, 3.05) is 24.7 Å². The number of benzene rings is 1. The van der Waals surface area contributed by atoms with Crippen LogP contribution < -0.4 is 10.2 Å². The van der Waals surface area contributed by atoms with Gasteiger partial charge in [0.25, 0.3) is 0 Å². The minimum atomic E-state index is -0.899. The van der Waals surface area contributed by atoms with E-state index in [0.717, 1.165) is 5.56 Å². The maximum Gasteiger partial charge on any atom is 0.183 e. The van der Waals surface area contributed by atoms with Crippen molar-refractivity contribution in [1.82, 2.24) is 10.3 Å². The SMILES string of the molecule is C[C@@H]1CN2c3c(cc(-c4cocn4)c(F)c3F)CC3(C=NCNC3)[C@H]2[C@H](C)O1. The Hall–Kier alpha value is -2.32. The third-order valence-corrected chi connectivity index (χ3v) is 6.05. The molecule has 0 bridgehead atoms. The molecule has 1 N–H and O–H groups in total. The minimum absolute atomic E-state index is 0.0829. The van der Waals surface area contributed by atoms with Crippen LogP contribution in [0.4, 0.5) is 14.5 Å². The minimum Gasteiger partial charge on any atom is -0.451 e. The summed E-state index contributed by atoms with van der Waals surface area (Å²) >= 11 is 0. The average Bonchev–Trinajstić information content (AvgIpc) is 3.19. The Labute approximate surface area is 161 Å². The highest BCUT2D eigenvalue weighted by atomic mass is 19.2. The lowest BCUT2D eigenvalue weighted by Crippen LogP contribution is -2.67. The summed E-state index contributed by atoms with van der Waals surface area (Å²) in [5.74, 6) is -1.73. The summed E-state index contributed by atoms with van der Waals surface area (Å²) in [5, 5.41) is 3.33. The molecule has 3 aliphatic rings. The van der Waals surface area contributed by atoms with E-state index in [1.165, 1.54) is 12.7 Å². The molecule has 1 aromatic carbocycles. The van der Waals surface area contributed by atoms with Gasteiger partial charge < -0.3 is 14.1 Å². The highest BCUT2D eigenvalue weighted by Crippen LogP contribution is 2.47. The third kappa shape index (κ3) is 2.51. The van der Waals surface area contributed by atoms with E-state index in [4.69, 9.17) is 9.15 Å². The predicted molar refractivity (Wildman–Crippen MR) is 100 cm³/mol. The number of anilines is 1. The summed E-state index contributed by atoms with van der Waals surface area (Å²) < 4.78 is 41.4. The van der Waals surface area contributed by atoms with Gasteiger partial charge in [0.15, 0.2) is 18.0 Å². The van der Waals surface area contributed by atoms with Gasteiger partial charge in [0.2, 0.25) is 0 Å². The van der Waals surface area contributed by atoms with E-state index in [-0.39, 0.29) is 34.9 Å². The Bertz CT molecular complexity index is 933. The van der Waals surface area contributed by atoms with E-state index in [2.05, 4.69) is 15.3 Å². The smallest absolute Gasteiger partial charge is 0.183 e. The summed E-state index contributed by atoms with van der Waals surface area (Å²) in [6, 6.07) is 1.58. The molecule has 1 saturated heterocycles. The Morgan fingerprint density at radius 3 is 2.86 bits per heavy atom. The monoisotopic (exact) mass is 388 g/mol. The van der Waals surface area contributed by atoms with Crippen LogP contribution in [0.1, 0.15) is 19.4 Å². The molecule has 0 amide bonds. The van der Waals surface area contributed by atoms with Crippen LogP contribution in [-0.2, 0) is 11.2 Å². The van der Waals surface area contributed by atoms with Crippen LogP contribution in [0.2, 0.25) is 0 Å². The molecule has 1 unspecified atom stereocenters.